The SMILES string of the molecule is C#CCCCCNCc1cn[nH]c1-c1ccccc1. The number of nitrogens with zero attached hydrogens (tertiary/aromatic N) is 1. The van der Waals surface area contributed by atoms with Crippen LogP contribution in [-0.2, 0) is 6.54 Å². The Kier molecular flexibility index (Phi) is 5.21. The van der Waals surface area contributed by atoms with E-state index in [1.807, 2.05) is 24.4 Å². The second-order valence-electron chi connectivity index (χ2n) is 4.47. The minimum atomic E-state index is 0.830. The lowest BCUT2D eigenvalue weighted by Gasteiger charge is -2.05. The second kappa shape index (κ2) is 7.40. The van der Waals surface area contributed by atoms with Crippen LogP contribution in [-0.4, -0.2) is 16.7 Å². The van der Waals surface area contributed by atoms with Crippen LogP contribution in [0.25, 0.3) is 11.3 Å². The fourth-order valence-corrected chi connectivity index (χ4v) is 2.00. The number of benzene rings is 1. The molecule has 2 N–H and O–H groups in total. The maximum absolute atomic E-state index is 5.22. The number of aromatic amines is 1. The number of aromatic nitrogens is 2. The molecule has 1 aromatic heterocycles. The summed E-state index contributed by atoms with van der Waals surface area (Å²) in [5, 5.41) is 10.6. The van der Waals surface area contributed by atoms with Gasteiger partial charge in [0.25, 0.3) is 0 Å². The van der Waals surface area contributed by atoms with Gasteiger partial charge in [-0.15, -0.1) is 12.3 Å². The van der Waals surface area contributed by atoms with E-state index >= 15 is 0 Å². The molecule has 2 aromatic rings. The predicted molar refractivity (Wildman–Crippen MR) is 78.4 cm³/mol. The normalized spacial score (nSPS) is 10.3. The van der Waals surface area contributed by atoms with Gasteiger partial charge in [-0.1, -0.05) is 30.3 Å². The molecule has 3 nitrogen and oxygen atoms in total. The summed E-state index contributed by atoms with van der Waals surface area (Å²) in [5.41, 5.74) is 3.46. The third-order valence-electron chi connectivity index (χ3n) is 3.02. The van der Waals surface area contributed by atoms with Crippen LogP contribution in [0.5, 0.6) is 0 Å². The maximum Gasteiger partial charge on any atom is 0.0695 e. The molecular formula is C16H19N3. The molecule has 0 fully saturated rings. The summed E-state index contributed by atoms with van der Waals surface area (Å²) in [6.07, 6.45) is 10.2. The standard InChI is InChI=1S/C16H19N3/c1-2-3-4-8-11-17-12-15-13-18-19-16(15)14-9-6-5-7-10-14/h1,5-7,9-10,13,17H,3-4,8,11-12H2,(H,18,19). The molecular weight excluding hydrogens is 234 g/mol. The minimum absolute atomic E-state index is 0.830. The van der Waals surface area contributed by atoms with Crippen molar-refractivity contribution in [1.29, 1.82) is 0 Å². The van der Waals surface area contributed by atoms with Gasteiger partial charge >= 0.3 is 0 Å². The highest BCUT2D eigenvalue weighted by molar-refractivity contribution is 5.62. The molecule has 19 heavy (non-hydrogen) atoms. The molecule has 0 bridgehead atoms. The van der Waals surface area contributed by atoms with E-state index in [4.69, 9.17) is 6.42 Å². The van der Waals surface area contributed by atoms with Gasteiger partial charge in [-0.2, -0.15) is 5.10 Å². The molecule has 1 aromatic carbocycles. The topological polar surface area (TPSA) is 40.7 Å². The van der Waals surface area contributed by atoms with Gasteiger partial charge in [-0.05, 0) is 24.9 Å². The van der Waals surface area contributed by atoms with E-state index in [2.05, 4.69) is 33.6 Å². The van der Waals surface area contributed by atoms with Gasteiger partial charge in [0.05, 0.1) is 11.9 Å². The minimum Gasteiger partial charge on any atom is -0.313 e. The summed E-state index contributed by atoms with van der Waals surface area (Å²) in [6, 6.07) is 10.3. The van der Waals surface area contributed by atoms with Crippen LogP contribution in [0.4, 0.5) is 0 Å². The average Bonchev–Trinajstić information content (AvgIpc) is 2.92. The zero-order valence-electron chi connectivity index (χ0n) is 11.0. The Morgan fingerprint density at radius 2 is 2.05 bits per heavy atom. The van der Waals surface area contributed by atoms with Crippen molar-refractivity contribution in [3.63, 3.8) is 0 Å². The van der Waals surface area contributed by atoms with E-state index in [9.17, 15) is 0 Å². The van der Waals surface area contributed by atoms with Crippen LogP contribution in [0, 0.1) is 12.3 Å². The van der Waals surface area contributed by atoms with E-state index in [0.29, 0.717) is 0 Å². The van der Waals surface area contributed by atoms with E-state index in [1.54, 1.807) is 0 Å². The van der Waals surface area contributed by atoms with E-state index in [1.165, 1.54) is 11.1 Å². The van der Waals surface area contributed by atoms with Crippen molar-refractivity contribution in [1.82, 2.24) is 15.5 Å². The van der Waals surface area contributed by atoms with Crippen LogP contribution < -0.4 is 5.32 Å². The fourth-order valence-electron chi connectivity index (χ4n) is 2.00. The van der Waals surface area contributed by atoms with Gasteiger partial charge in [0.2, 0.25) is 0 Å². The molecule has 0 radical (unpaired) electrons. The molecule has 0 aliphatic rings. The van der Waals surface area contributed by atoms with E-state index < -0.39 is 0 Å². The van der Waals surface area contributed by atoms with Crippen molar-refractivity contribution in [2.24, 2.45) is 0 Å². The largest absolute Gasteiger partial charge is 0.313 e. The van der Waals surface area contributed by atoms with E-state index in [0.717, 1.165) is 38.0 Å². The van der Waals surface area contributed by atoms with Crippen LogP contribution in [0.1, 0.15) is 24.8 Å². The predicted octanol–water partition coefficient (Wildman–Crippen LogP) is 2.97. The van der Waals surface area contributed by atoms with Crippen molar-refractivity contribution in [2.75, 3.05) is 6.54 Å². The highest BCUT2D eigenvalue weighted by Crippen LogP contribution is 2.20. The van der Waals surface area contributed by atoms with Gasteiger partial charge < -0.3 is 5.32 Å². The molecule has 0 aliphatic carbocycles. The van der Waals surface area contributed by atoms with Crippen molar-refractivity contribution >= 4 is 0 Å². The first-order valence-electron chi connectivity index (χ1n) is 6.63. The van der Waals surface area contributed by atoms with Gasteiger partial charge in [0, 0.05) is 18.5 Å². The first-order valence-corrected chi connectivity index (χ1v) is 6.63. The number of hydrogen-bond donors (Lipinski definition) is 2. The third-order valence-corrected chi connectivity index (χ3v) is 3.02. The maximum atomic E-state index is 5.22. The molecule has 0 saturated carbocycles. The summed E-state index contributed by atoms with van der Waals surface area (Å²) in [4.78, 5) is 0. The second-order valence-corrected chi connectivity index (χ2v) is 4.47. The number of rotatable bonds is 7. The summed E-state index contributed by atoms with van der Waals surface area (Å²) < 4.78 is 0. The highest BCUT2D eigenvalue weighted by atomic mass is 15.1. The number of hydrogen-bond acceptors (Lipinski definition) is 2. The molecule has 0 saturated heterocycles. The monoisotopic (exact) mass is 253 g/mol. The Morgan fingerprint density at radius 3 is 2.84 bits per heavy atom. The molecule has 2 rings (SSSR count). The molecule has 0 unspecified atom stereocenters. The van der Waals surface area contributed by atoms with Crippen molar-refractivity contribution in [2.45, 2.75) is 25.8 Å². The summed E-state index contributed by atoms with van der Waals surface area (Å²) in [6.45, 7) is 1.82. The van der Waals surface area contributed by atoms with Gasteiger partial charge in [-0.25, -0.2) is 0 Å². The van der Waals surface area contributed by atoms with E-state index in [-0.39, 0.29) is 0 Å². The van der Waals surface area contributed by atoms with Crippen molar-refractivity contribution < 1.29 is 0 Å². The number of H-pyrrole nitrogens is 1. The average molecular weight is 253 g/mol. The molecule has 3 heteroatoms. The molecule has 98 valence electrons. The molecule has 0 amide bonds. The lowest BCUT2D eigenvalue weighted by molar-refractivity contribution is 0.630. The molecule has 1 heterocycles. The van der Waals surface area contributed by atoms with Gasteiger partial charge in [0.15, 0.2) is 0 Å². The number of nitrogens with one attached hydrogen (secondary N) is 2. The fraction of sp³-hybridized carbons (Fsp3) is 0.312. The third kappa shape index (κ3) is 3.97. The smallest absolute Gasteiger partial charge is 0.0695 e. The van der Waals surface area contributed by atoms with Gasteiger partial charge in [0.1, 0.15) is 0 Å². The Bertz CT molecular complexity index is 522. The Morgan fingerprint density at radius 1 is 1.21 bits per heavy atom. The number of unbranched alkanes of at least 4 members (excludes halogenated alkanes) is 2. The quantitative estimate of drug-likeness (QED) is 0.588. The Hall–Kier alpha value is -2.05. The lowest BCUT2D eigenvalue weighted by Crippen LogP contribution is -2.14. The zero-order valence-corrected chi connectivity index (χ0v) is 11.0. The summed E-state index contributed by atoms with van der Waals surface area (Å²) >= 11 is 0. The summed E-state index contributed by atoms with van der Waals surface area (Å²) in [5.74, 6) is 2.66. The van der Waals surface area contributed by atoms with Gasteiger partial charge in [-0.3, -0.25) is 5.10 Å². The van der Waals surface area contributed by atoms with Crippen LogP contribution in [0.2, 0.25) is 0 Å². The summed E-state index contributed by atoms with van der Waals surface area (Å²) in [7, 11) is 0. The first-order chi connectivity index (χ1) is 9.42. The van der Waals surface area contributed by atoms with Crippen LogP contribution in [0.15, 0.2) is 36.5 Å². The Balaban J connectivity index is 1.85. The molecule has 0 atom stereocenters. The highest BCUT2D eigenvalue weighted by Gasteiger charge is 2.06. The van der Waals surface area contributed by atoms with Crippen LogP contribution >= 0.6 is 0 Å². The molecule has 0 spiro atoms. The first kappa shape index (κ1) is 13.4. The van der Waals surface area contributed by atoms with Crippen molar-refractivity contribution in [3.8, 4) is 23.6 Å². The Labute approximate surface area is 114 Å². The lowest BCUT2D eigenvalue weighted by atomic mass is 10.1. The van der Waals surface area contributed by atoms with Crippen molar-refractivity contribution in [3.05, 3.63) is 42.1 Å². The number of terminal acetylenes is 1. The molecule has 0 aliphatic heterocycles. The zero-order chi connectivity index (χ0) is 13.3. The van der Waals surface area contributed by atoms with Crippen LogP contribution in [0.3, 0.4) is 0 Å².